The minimum absolute atomic E-state index is 0.104. The van der Waals surface area contributed by atoms with Crippen molar-refractivity contribution in [3.63, 3.8) is 0 Å². The van der Waals surface area contributed by atoms with E-state index in [0.29, 0.717) is 23.4 Å². The zero-order valence-corrected chi connectivity index (χ0v) is 16.5. The Labute approximate surface area is 175 Å². The van der Waals surface area contributed by atoms with Gasteiger partial charge in [0, 0.05) is 23.9 Å². The van der Waals surface area contributed by atoms with Gasteiger partial charge >= 0.3 is 0 Å². The number of phenolic OH excluding ortho intramolecular Hbond substituents is 1. The van der Waals surface area contributed by atoms with E-state index in [-0.39, 0.29) is 11.7 Å². The molecule has 0 fully saturated rings. The third-order valence-electron chi connectivity index (χ3n) is 4.96. The number of aliphatic imine (C=N–C) groups is 1. The van der Waals surface area contributed by atoms with Crippen LogP contribution >= 0.6 is 0 Å². The summed E-state index contributed by atoms with van der Waals surface area (Å²) < 4.78 is 0. The van der Waals surface area contributed by atoms with Gasteiger partial charge in [-0.2, -0.15) is 0 Å². The Balaban J connectivity index is 1.41. The smallest absolute Gasteiger partial charge is 0.251 e. The SMILES string of the molecule is O=C(NCCc1ccccc1)c1ccc(N=Cc2c(O)ccc3ccccc23)cc1. The van der Waals surface area contributed by atoms with Crippen LogP contribution in [0, 0.1) is 0 Å². The van der Waals surface area contributed by atoms with Gasteiger partial charge in [0.2, 0.25) is 0 Å². The Hall–Kier alpha value is -3.92. The first-order valence-electron chi connectivity index (χ1n) is 9.88. The highest BCUT2D eigenvalue weighted by molar-refractivity contribution is 6.03. The molecule has 4 aromatic carbocycles. The van der Waals surface area contributed by atoms with Crippen molar-refractivity contribution < 1.29 is 9.90 Å². The average Bonchev–Trinajstić information content (AvgIpc) is 2.79. The monoisotopic (exact) mass is 394 g/mol. The molecular formula is C26H22N2O2. The van der Waals surface area contributed by atoms with Crippen molar-refractivity contribution in [2.75, 3.05) is 6.54 Å². The molecular weight excluding hydrogens is 372 g/mol. The fraction of sp³-hybridized carbons (Fsp3) is 0.0769. The Kier molecular flexibility index (Phi) is 5.85. The molecule has 0 bridgehead atoms. The number of nitrogens with one attached hydrogen (secondary N) is 1. The van der Waals surface area contributed by atoms with E-state index < -0.39 is 0 Å². The molecule has 0 aliphatic carbocycles. The molecule has 0 atom stereocenters. The van der Waals surface area contributed by atoms with Crippen molar-refractivity contribution in [2.24, 2.45) is 4.99 Å². The third-order valence-corrected chi connectivity index (χ3v) is 4.96. The summed E-state index contributed by atoms with van der Waals surface area (Å²) in [6, 6.07) is 28.6. The van der Waals surface area contributed by atoms with Crippen LogP contribution in [0.15, 0.2) is 96.0 Å². The quantitative estimate of drug-likeness (QED) is 0.438. The van der Waals surface area contributed by atoms with Gasteiger partial charge in [0.25, 0.3) is 5.91 Å². The lowest BCUT2D eigenvalue weighted by Gasteiger charge is -2.06. The first-order valence-corrected chi connectivity index (χ1v) is 9.88. The zero-order valence-electron chi connectivity index (χ0n) is 16.5. The number of rotatable bonds is 6. The summed E-state index contributed by atoms with van der Waals surface area (Å²) in [4.78, 5) is 16.8. The summed E-state index contributed by atoms with van der Waals surface area (Å²) in [7, 11) is 0. The summed E-state index contributed by atoms with van der Waals surface area (Å²) in [5.41, 5.74) is 3.17. The van der Waals surface area contributed by atoms with Crippen LogP contribution in [0.5, 0.6) is 5.75 Å². The van der Waals surface area contributed by atoms with Crippen LogP contribution < -0.4 is 5.32 Å². The first kappa shape index (κ1) is 19.4. The van der Waals surface area contributed by atoms with E-state index in [1.165, 1.54) is 5.56 Å². The van der Waals surface area contributed by atoms with Gasteiger partial charge in [-0.3, -0.25) is 9.79 Å². The van der Waals surface area contributed by atoms with Gasteiger partial charge in [0.05, 0.1) is 5.69 Å². The number of aromatic hydroxyl groups is 1. The number of carbonyl (C=O) groups is 1. The van der Waals surface area contributed by atoms with Crippen molar-refractivity contribution >= 4 is 28.6 Å². The van der Waals surface area contributed by atoms with E-state index in [1.54, 1.807) is 36.5 Å². The van der Waals surface area contributed by atoms with Gasteiger partial charge < -0.3 is 10.4 Å². The van der Waals surface area contributed by atoms with Crippen LogP contribution in [-0.4, -0.2) is 23.8 Å². The van der Waals surface area contributed by atoms with E-state index in [0.717, 1.165) is 17.2 Å². The highest BCUT2D eigenvalue weighted by atomic mass is 16.3. The predicted octanol–water partition coefficient (Wildman–Crippen LogP) is 5.27. The lowest BCUT2D eigenvalue weighted by molar-refractivity contribution is 0.0954. The second-order valence-corrected chi connectivity index (χ2v) is 7.02. The molecule has 2 N–H and O–H groups in total. The van der Waals surface area contributed by atoms with Gasteiger partial charge in [0.15, 0.2) is 0 Å². The van der Waals surface area contributed by atoms with E-state index in [2.05, 4.69) is 10.3 Å². The molecule has 0 unspecified atom stereocenters. The largest absolute Gasteiger partial charge is 0.507 e. The molecule has 4 nitrogen and oxygen atoms in total. The number of phenols is 1. The highest BCUT2D eigenvalue weighted by Gasteiger charge is 2.06. The molecule has 0 saturated heterocycles. The molecule has 4 heteroatoms. The van der Waals surface area contributed by atoms with Crippen LogP contribution in [-0.2, 0) is 6.42 Å². The predicted molar refractivity (Wildman–Crippen MR) is 122 cm³/mol. The van der Waals surface area contributed by atoms with Crippen LogP contribution in [0.25, 0.3) is 10.8 Å². The fourth-order valence-electron chi connectivity index (χ4n) is 3.32. The van der Waals surface area contributed by atoms with E-state index in [4.69, 9.17) is 0 Å². The summed E-state index contributed by atoms with van der Waals surface area (Å²) >= 11 is 0. The molecule has 148 valence electrons. The zero-order chi connectivity index (χ0) is 20.8. The van der Waals surface area contributed by atoms with Crippen LogP contribution in [0.3, 0.4) is 0 Å². The number of hydrogen-bond donors (Lipinski definition) is 2. The molecule has 1 amide bonds. The van der Waals surface area contributed by atoms with Gasteiger partial charge in [-0.15, -0.1) is 0 Å². The van der Waals surface area contributed by atoms with Crippen molar-refractivity contribution in [1.82, 2.24) is 5.32 Å². The van der Waals surface area contributed by atoms with Crippen molar-refractivity contribution in [3.8, 4) is 5.75 Å². The summed E-state index contributed by atoms with van der Waals surface area (Å²) in [6.07, 6.45) is 2.45. The van der Waals surface area contributed by atoms with Gasteiger partial charge in [-0.1, -0.05) is 60.7 Å². The Bertz CT molecular complexity index is 1180. The molecule has 0 aliphatic rings. The van der Waals surface area contributed by atoms with Crippen molar-refractivity contribution in [2.45, 2.75) is 6.42 Å². The van der Waals surface area contributed by atoms with E-state index in [1.807, 2.05) is 60.7 Å². The maximum atomic E-state index is 12.3. The highest BCUT2D eigenvalue weighted by Crippen LogP contribution is 2.26. The third kappa shape index (κ3) is 4.55. The molecule has 30 heavy (non-hydrogen) atoms. The number of hydrogen-bond acceptors (Lipinski definition) is 3. The van der Waals surface area contributed by atoms with Gasteiger partial charge in [0.1, 0.15) is 5.75 Å². The molecule has 0 saturated carbocycles. The number of carbonyl (C=O) groups excluding carboxylic acids is 1. The number of nitrogens with zero attached hydrogens (tertiary/aromatic N) is 1. The molecule has 4 rings (SSSR count). The fourth-order valence-corrected chi connectivity index (χ4v) is 3.32. The maximum absolute atomic E-state index is 12.3. The van der Waals surface area contributed by atoms with Crippen LogP contribution in [0.2, 0.25) is 0 Å². The molecule has 0 aromatic heterocycles. The van der Waals surface area contributed by atoms with Gasteiger partial charge in [-0.05, 0) is 53.1 Å². The second kappa shape index (κ2) is 9.05. The summed E-state index contributed by atoms with van der Waals surface area (Å²) in [5.74, 6) is 0.0834. The standard InChI is InChI=1S/C26H22N2O2/c29-25-15-12-20-8-4-5-9-23(20)24(25)18-28-22-13-10-21(11-14-22)26(30)27-17-16-19-6-2-1-3-7-19/h1-15,18,29H,16-17H2,(H,27,30). The van der Waals surface area contributed by atoms with E-state index in [9.17, 15) is 9.90 Å². The normalized spacial score (nSPS) is 11.1. The molecule has 4 aromatic rings. The lowest BCUT2D eigenvalue weighted by atomic mass is 10.0. The van der Waals surface area contributed by atoms with Crippen LogP contribution in [0.1, 0.15) is 21.5 Å². The molecule has 0 aliphatic heterocycles. The molecule has 0 spiro atoms. The summed E-state index contributed by atoms with van der Waals surface area (Å²) in [5, 5.41) is 15.1. The van der Waals surface area contributed by atoms with Gasteiger partial charge in [-0.25, -0.2) is 0 Å². The average molecular weight is 394 g/mol. The topological polar surface area (TPSA) is 61.7 Å². The molecule has 0 radical (unpaired) electrons. The van der Waals surface area contributed by atoms with E-state index >= 15 is 0 Å². The van der Waals surface area contributed by atoms with Crippen molar-refractivity contribution in [1.29, 1.82) is 0 Å². The Morgan fingerprint density at radius 2 is 1.60 bits per heavy atom. The maximum Gasteiger partial charge on any atom is 0.251 e. The number of fused-ring (bicyclic) bond motifs is 1. The Morgan fingerprint density at radius 3 is 2.40 bits per heavy atom. The minimum atomic E-state index is -0.104. The van der Waals surface area contributed by atoms with Crippen LogP contribution in [0.4, 0.5) is 5.69 Å². The number of amides is 1. The first-order chi connectivity index (χ1) is 14.7. The second-order valence-electron chi connectivity index (χ2n) is 7.02. The Morgan fingerprint density at radius 1 is 0.867 bits per heavy atom. The number of benzene rings is 4. The minimum Gasteiger partial charge on any atom is -0.507 e. The van der Waals surface area contributed by atoms with Crippen molar-refractivity contribution in [3.05, 3.63) is 108 Å². The lowest BCUT2D eigenvalue weighted by Crippen LogP contribution is -2.25. The molecule has 0 heterocycles. The summed E-state index contributed by atoms with van der Waals surface area (Å²) in [6.45, 7) is 0.586.